The van der Waals surface area contributed by atoms with Crippen molar-refractivity contribution in [2.75, 3.05) is 51.7 Å². The van der Waals surface area contributed by atoms with Gasteiger partial charge in [0.05, 0.1) is 17.2 Å². The summed E-state index contributed by atoms with van der Waals surface area (Å²) < 4.78 is 0. The van der Waals surface area contributed by atoms with Crippen molar-refractivity contribution in [1.82, 2.24) is 15.1 Å². The monoisotopic (exact) mass is 394 g/mol. The average Bonchev–Trinajstić information content (AvgIpc) is 2.72. The first kappa shape index (κ1) is 19.9. The highest BCUT2D eigenvalue weighted by Crippen LogP contribution is 2.26. The van der Waals surface area contributed by atoms with Crippen LogP contribution < -0.4 is 10.6 Å². The number of aliphatic hydroxyl groups is 1. The molecule has 2 amide bonds. The van der Waals surface area contributed by atoms with Gasteiger partial charge in [-0.25, -0.2) is 0 Å². The molecule has 2 aliphatic rings. The Morgan fingerprint density at radius 1 is 1.26 bits per heavy atom. The van der Waals surface area contributed by atoms with E-state index in [4.69, 9.17) is 11.6 Å². The number of likely N-dealkylation sites (tertiary alicyclic amines) is 1. The highest BCUT2D eigenvalue weighted by atomic mass is 35.5. The van der Waals surface area contributed by atoms with Gasteiger partial charge in [-0.15, -0.1) is 0 Å². The number of nitrogens with zero attached hydrogens (tertiary/aromatic N) is 2. The van der Waals surface area contributed by atoms with Crippen molar-refractivity contribution in [2.24, 2.45) is 5.92 Å². The molecule has 148 valence electrons. The second-order valence-electron chi connectivity index (χ2n) is 7.13. The van der Waals surface area contributed by atoms with Crippen LogP contribution >= 0.6 is 11.6 Å². The minimum absolute atomic E-state index is 0.0316. The Morgan fingerprint density at radius 2 is 2.00 bits per heavy atom. The number of carbonyl (C=O) groups excluding carboxylic acids is 2. The maximum Gasteiger partial charge on any atom is 0.255 e. The van der Waals surface area contributed by atoms with Crippen LogP contribution in [0.15, 0.2) is 18.2 Å². The molecule has 0 spiro atoms. The molecule has 1 atom stereocenters. The van der Waals surface area contributed by atoms with Crippen molar-refractivity contribution in [3.8, 4) is 0 Å². The number of aliphatic hydroxyl groups excluding tert-OH is 1. The number of anilines is 1. The third-order valence-corrected chi connectivity index (χ3v) is 5.72. The van der Waals surface area contributed by atoms with E-state index < -0.39 is 0 Å². The van der Waals surface area contributed by atoms with E-state index in [2.05, 4.69) is 10.6 Å². The summed E-state index contributed by atoms with van der Waals surface area (Å²) in [5.74, 6) is -0.0110. The molecule has 3 N–H and O–H groups in total. The Hall–Kier alpha value is -1.83. The van der Waals surface area contributed by atoms with Crippen LogP contribution in [-0.2, 0) is 4.79 Å². The van der Waals surface area contributed by atoms with Gasteiger partial charge in [0.15, 0.2) is 0 Å². The fourth-order valence-corrected chi connectivity index (χ4v) is 4.01. The highest BCUT2D eigenvalue weighted by Gasteiger charge is 2.32. The van der Waals surface area contributed by atoms with Crippen molar-refractivity contribution in [2.45, 2.75) is 18.9 Å². The summed E-state index contributed by atoms with van der Waals surface area (Å²) in [6.07, 6.45) is 1.31. The third kappa shape index (κ3) is 4.54. The molecule has 2 aliphatic heterocycles. The Bertz CT molecular complexity index is 692. The fourth-order valence-electron chi connectivity index (χ4n) is 3.75. The molecule has 1 aromatic carbocycles. The van der Waals surface area contributed by atoms with Crippen LogP contribution in [-0.4, -0.2) is 79.1 Å². The molecule has 7 nitrogen and oxygen atoms in total. The van der Waals surface area contributed by atoms with Gasteiger partial charge in [0, 0.05) is 57.4 Å². The van der Waals surface area contributed by atoms with Gasteiger partial charge in [0.25, 0.3) is 5.91 Å². The summed E-state index contributed by atoms with van der Waals surface area (Å²) in [4.78, 5) is 29.2. The van der Waals surface area contributed by atoms with Crippen LogP contribution in [0.3, 0.4) is 0 Å². The van der Waals surface area contributed by atoms with E-state index >= 15 is 0 Å². The number of carbonyl (C=O) groups is 2. The SMILES string of the molecule is CNc1ccc(C(=O)N2CCC(C(=O)N3CCN[C@@H](CO)C3)CC2)c(Cl)c1. The predicted molar refractivity (Wildman–Crippen MR) is 105 cm³/mol. The smallest absolute Gasteiger partial charge is 0.255 e. The molecule has 2 heterocycles. The van der Waals surface area contributed by atoms with Gasteiger partial charge >= 0.3 is 0 Å². The minimum atomic E-state index is -0.0870. The normalized spacial score (nSPS) is 21.2. The van der Waals surface area contributed by atoms with E-state index in [-0.39, 0.29) is 30.4 Å². The Balaban J connectivity index is 1.57. The lowest BCUT2D eigenvalue weighted by molar-refractivity contribution is -0.138. The number of rotatable bonds is 4. The van der Waals surface area contributed by atoms with Crippen molar-refractivity contribution >= 4 is 29.1 Å². The van der Waals surface area contributed by atoms with E-state index in [9.17, 15) is 14.7 Å². The molecule has 3 rings (SSSR count). The summed E-state index contributed by atoms with van der Waals surface area (Å²) in [6.45, 7) is 3.05. The highest BCUT2D eigenvalue weighted by molar-refractivity contribution is 6.34. The zero-order valence-electron chi connectivity index (χ0n) is 15.6. The van der Waals surface area contributed by atoms with Gasteiger partial charge in [0.1, 0.15) is 0 Å². The number of hydrogen-bond acceptors (Lipinski definition) is 5. The van der Waals surface area contributed by atoms with Crippen molar-refractivity contribution < 1.29 is 14.7 Å². The van der Waals surface area contributed by atoms with Crippen LogP contribution in [0, 0.1) is 5.92 Å². The van der Waals surface area contributed by atoms with Gasteiger partial charge in [-0.2, -0.15) is 0 Å². The quantitative estimate of drug-likeness (QED) is 0.710. The van der Waals surface area contributed by atoms with Crippen LogP contribution in [0.25, 0.3) is 0 Å². The number of piperazine rings is 1. The first-order valence-electron chi connectivity index (χ1n) is 9.43. The van der Waals surface area contributed by atoms with Crippen molar-refractivity contribution in [3.63, 3.8) is 0 Å². The molecular weight excluding hydrogens is 368 g/mol. The number of piperidine rings is 1. The lowest BCUT2D eigenvalue weighted by Gasteiger charge is -2.38. The molecule has 0 saturated carbocycles. The lowest BCUT2D eigenvalue weighted by atomic mass is 9.94. The molecule has 0 aliphatic carbocycles. The van der Waals surface area contributed by atoms with Crippen LogP contribution in [0.4, 0.5) is 5.69 Å². The summed E-state index contributed by atoms with van der Waals surface area (Å²) >= 11 is 6.26. The molecule has 2 saturated heterocycles. The third-order valence-electron chi connectivity index (χ3n) is 5.41. The number of nitrogens with one attached hydrogen (secondary N) is 2. The average molecular weight is 395 g/mol. The molecule has 27 heavy (non-hydrogen) atoms. The van der Waals surface area contributed by atoms with Crippen LogP contribution in [0.2, 0.25) is 5.02 Å². The van der Waals surface area contributed by atoms with Gasteiger partial charge < -0.3 is 25.5 Å². The van der Waals surface area contributed by atoms with E-state index in [0.717, 1.165) is 5.69 Å². The van der Waals surface area contributed by atoms with E-state index in [1.54, 1.807) is 24.1 Å². The predicted octanol–water partition coefficient (Wildman–Crippen LogP) is 1.03. The zero-order valence-corrected chi connectivity index (χ0v) is 16.3. The standard InChI is InChI=1S/C19H27ClN4O3/c1-21-14-2-3-16(17(20)10-14)19(27)23-7-4-13(5-8-23)18(26)24-9-6-22-15(11-24)12-25/h2-3,10,13,15,21-22,25H,4-9,11-12H2,1H3/t15-/m1/s1. The molecular formula is C19H27ClN4O3. The molecule has 0 bridgehead atoms. The summed E-state index contributed by atoms with van der Waals surface area (Å²) in [5, 5.41) is 15.9. The number of halogens is 1. The molecule has 0 radical (unpaired) electrons. The van der Waals surface area contributed by atoms with Gasteiger partial charge in [-0.3, -0.25) is 9.59 Å². The van der Waals surface area contributed by atoms with Crippen LogP contribution in [0.5, 0.6) is 0 Å². The van der Waals surface area contributed by atoms with Gasteiger partial charge in [0.2, 0.25) is 5.91 Å². The Kier molecular flexibility index (Phi) is 6.57. The Labute approximate surface area is 164 Å². The summed E-state index contributed by atoms with van der Waals surface area (Å²) in [6, 6.07) is 5.26. The first-order valence-corrected chi connectivity index (χ1v) is 9.81. The van der Waals surface area contributed by atoms with Gasteiger partial charge in [-0.05, 0) is 31.0 Å². The molecule has 2 fully saturated rings. The first-order chi connectivity index (χ1) is 13.0. The van der Waals surface area contributed by atoms with Gasteiger partial charge in [-0.1, -0.05) is 11.6 Å². The number of benzene rings is 1. The molecule has 8 heteroatoms. The minimum Gasteiger partial charge on any atom is -0.395 e. The lowest BCUT2D eigenvalue weighted by Crippen LogP contribution is -2.56. The van der Waals surface area contributed by atoms with Crippen molar-refractivity contribution in [1.29, 1.82) is 0 Å². The second-order valence-corrected chi connectivity index (χ2v) is 7.54. The van der Waals surface area contributed by atoms with Crippen molar-refractivity contribution in [3.05, 3.63) is 28.8 Å². The molecule has 0 unspecified atom stereocenters. The maximum absolute atomic E-state index is 12.8. The summed E-state index contributed by atoms with van der Waals surface area (Å²) in [5.41, 5.74) is 1.35. The Morgan fingerprint density at radius 3 is 2.63 bits per heavy atom. The summed E-state index contributed by atoms with van der Waals surface area (Å²) in [7, 11) is 1.80. The van der Waals surface area contributed by atoms with E-state index in [0.29, 0.717) is 56.2 Å². The van der Waals surface area contributed by atoms with E-state index in [1.807, 2.05) is 11.0 Å². The van der Waals surface area contributed by atoms with E-state index in [1.165, 1.54) is 0 Å². The largest absolute Gasteiger partial charge is 0.395 e. The molecule has 1 aromatic rings. The van der Waals surface area contributed by atoms with Crippen LogP contribution in [0.1, 0.15) is 23.2 Å². The second kappa shape index (κ2) is 8.91. The fraction of sp³-hybridized carbons (Fsp3) is 0.579. The number of hydrogen-bond donors (Lipinski definition) is 3. The number of amides is 2. The zero-order chi connectivity index (χ0) is 19.4. The molecule has 0 aromatic heterocycles. The maximum atomic E-state index is 12.8. The topological polar surface area (TPSA) is 84.9 Å².